The van der Waals surface area contributed by atoms with Crippen molar-refractivity contribution in [2.24, 2.45) is 5.84 Å². The van der Waals surface area contributed by atoms with Crippen molar-refractivity contribution in [3.05, 3.63) is 65.4 Å². The fourth-order valence-corrected chi connectivity index (χ4v) is 2.31. The fourth-order valence-electron chi connectivity index (χ4n) is 2.31. The van der Waals surface area contributed by atoms with Gasteiger partial charge >= 0.3 is 0 Å². The molecule has 2 heterocycles. The zero-order chi connectivity index (χ0) is 14.1. The Hall–Kier alpha value is -2.24. The SMILES string of the molecule is Cc1cnccc1C(NN)c1cc2cc(F)ccc2o1. The monoisotopic (exact) mass is 271 g/mol. The molecule has 0 amide bonds. The van der Waals surface area contributed by atoms with Crippen molar-refractivity contribution >= 4 is 11.0 Å². The van der Waals surface area contributed by atoms with Crippen molar-refractivity contribution in [2.45, 2.75) is 13.0 Å². The van der Waals surface area contributed by atoms with Crippen molar-refractivity contribution in [3.63, 3.8) is 0 Å². The molecule has 0 saturated carbocycles. The highest BCUT2D eigenvalue weighted by atomic mass is 19.1. The predicted molar refractivity (Wildman–Crippen MR) is 74.3 cm³/mol. The van der Waals surface area contributed by atoms with Crippen LogP contribution in [0.3, 0.4) is 0 Å². The molecular formula is C15H14FN3O. The Labute approximate surface area is 115 Å². The Morgan fingerprint density at radius 1 is 1.30 bits per heavy atom. The van der Waals surface area contributed by atoms with E-state index in [-0.39, 0.29) is 11.9 Å². The third-order valence-electron chi connectivity index (χ3n) is 3.32. The van der Waals surface area contributed by atoms with Crippen LogP contribution in [0.1, 0.15) is 22.9 Å². The number of hydrazine groups is 1. The van der Waals surface area contributed by atoms with Gasteiger partial charge in [0.1, 0.15) is 23.2 Å². The lowest BCUT2D eigenvalue weighted by atomic mass is 10.0. The Balaban J connectivity index is 2.10. The third kappa shape index (κ3) is 2.17. The summed E-state index contributed by atoms with van der Waals surface area (Å²) in [6.45, 7) is 1.95. The molecule has 1 unspecified atom stereocenters. The lowest BCUT2D eigenvalue weighted by Crippen LogP contribution is -2.29. The summed E-state index contributed by atoms with van der Waals surface area (Å²) in [6.07, 6.45) is 3.47. The molecule has 3 rings (SSSR count). The van der Waals surface area contributed by atoms with Crippen molar-refractivity contribution in [2.75, 3.05) is 0 Å². The second-order valence-electron chi connectivity index (χ2n) is 4.66. The molecular weight excluding hydrogens is 257 g/mol. The molecule has 0 aliphatic rings. The first-order valence-electron chi connectivity index (χ1n) is 6.24. The lowest BCUT2D eigenvalue weighted by molar-refractivity contribution is 0.476. The number of nitrogens with two attached hydrogens (primary N) is 1. The smallest absolute Gasteiger partial charge is 0.134 e. The molecule has 5 heteroatoms. The number of pyridine rings is 1. The van der Waals surface area contributed by atoms with Crippen LogP contribution in [-0.2, 0) is 0 Å². The van der Waals surface area contributed by atoms with Crippen molar-refractivity contribution in [1.29, 1.82) is 0 Å². The van der Waals surface area contributed by atoms with Crippen LogP contribution >= 0.6 is 0 Å². The number of nitrogens with one attached hydrogen (secondary N) is 1. The van der Waals surface area contributed by atoms with Crippen LogP contribution in [0, 0.1) is 12.7 Å². The molecule has 3 aromatic rings. The van der Waals surface area contributed by atoms with E-state index < -0.39 is 0 Å². The van der Waals surface area contributed by atoms with Crippen LogP contribution in [0.4, 0.5) is 4.39 Å². The van der Waals surface area contributed by atoms with Crippen LogP contribution in [0.25, 0.3) is 11.0 Å². The van der Waals surface area contributed by atoms with Gasteiger partial charge in [0.15, 0.2) is 0 Å². The second-order valence-corrected chi connectivity index (χ2v) is 4.66. The fraction of sp³-hybridized carbons (Fsp3) is 0.133. The van der Waals surface area contributed by atoms with Gasteiger partial charge in [-0.05, 0) is 48.4 Å². The molecule has 0 aliphatic carbocycles. The minimum atomic E-state index is -0.298. The minimum absolute atomic E-state index is 0.290. The van der Waals surface area contributed by atoms with Gasteiger partial charge in [-0.3, -0.25) is 10.8 Å². The van der Waals surface area contributed by atoms with Gasteiger partial charge in [0, 0.05) is 17.8 Å². The van der Waals surface area contributed by atoms with E-state index in [0.717, 1.165) is 11.1 Å². The Bertz CT molecular complexity index is 754. The summed E-state index contributed by atoms with van der Waals surface area (Å²) in [7, 11) is 0. The Morgan fingerprint density at radius 2 is 2.15 bits per heavy atom. The molecule has 4 nitrogen and oxygen atoms in total. The van der Waals surface area contributed by atoms with Gasteiger partial charge < -0.3 is 4.42 Å². The third-order valence-corrected chi connectivity index (χ3v) is 3.32. The molecule has 0 radical (unpaired) electrons. The summed E-state index contributed by atoms with van der Waals surface area (Å²) in [4.78, 5) is 4.06. The molecule has 102 valence electrons. The maximum Gasteiger partial charge on any atom is 0.134 e. The zero-order valence-corrected chi connectivity index (χ0v) is 10.9. The molecule has 0 saturated heterocycles. The van der Waals surface area contributed by atoms with E-state index in [0.29, 0.717) is 16.7 Å². The average Bonchev–Trinajstić information content (AvgIpc) is 2.84. The van der Waals surface area contributed by atoms with Crippen LogP contribution in [0.15, 0.2) is 47.1 Å². The number of fused-ring (bicyclic) bond motifs is 1. The molecule has 0 bridgehead atoms. The Kier molecular flexibility index (Phi) is 3.22. The molecule has 2 aromatic heterocycles. The highest BCUT2D eigenvalue weighted by Crippen LogP contribution is 2.29. The largest absolute Gasteiger partial charge is 0.459 e. The number of nitrogens with zero attached hydrogens (tertiary/aromatic N) is 1. The molecule has 20 heavy (non-hydrogen) atoms. The average molecular weight is 271 g/mol. The predicted octanol–water partition coefficient (Wildman–Crippen LogP) is 2.83. The zero-order valence-electron chi connectivity index (χ0n) is 10.9. The van der Waals surface area contributed by atoms with E-state index >= 15 is 0 Å². The number of benzene rings is 1. The summed E-state index contributed by atoms with van der Waals surface area (Å²) < 4.78 is 19.0. The van der Waals surface area contributed by atoms with Crippen molar-refractivity contribution < 1.29 is 8.81 Å². The number of hydrogen-bond acceptors (Lipinski definition) is 4. The van der Waals surface area contributed by atoms with Crippen LogP contribution < -0.4 is 11.3 Å². The van der Waals surface area contributed by atoms with Gasteiger partial charge in [-0.25, -0.2) is 9.82 Å². The molecule has 3 N–H and O–H groups in total. The number of aromatic nitrogens is 1. The first kappa shape index (κ1) is 12.8. The molecule has 0 fully saturated rings. The molecule has 0 aliphatic heterocycles. The number of hydrogen-bond donors (Lipinski definition) is 2. The summed E-state index contributed by atoms with van der Waals surface area (Å²) in [6, 6.07) is 7.80. The minimum Gasteiger partial charge on any atom is -0.459 e. The van der Waals surface area contributed by atoms with E-state index in [1.165, 1.54) is 12.1 Å². The van der Waals surface area contributed by atoms with Crippen LogP contribution in [0.2, 0.25) is 0 Å². The van der Waals surface area contributed by atoms with E-state index in [9.17, 15) is 4.39 Å². The topological polar surface area (TPSA) is 64.1 Å². The lowest BCUT2D eigenvalue weighted by Gasteiger charge is -2.15. The Morgan fingerprint density at radius 3 is 2.90 bits per heavy atom. The van der Waals surface area contributed by atoms with Crippen LogP contribution in [-0.4, -0.2) is 4.98 Å². The quantitative estimate of drug-likeness (QED) is 0.568. The van der Waals surface area contributed by atoms with Crippen LogP contribution in [0.5, 0.6) is 0 Å². The van der Waals surface area contributed by atoms with Gasteiger partial charge in [-0.15, -0.1) is 0 Å². The number of rotatable bonds is 3. The first-order valence-corrected chi connectivity index (χ1v) is 6.24. The van der Waals surface area contributed by atoms with Gasteiger partial charge in [0.05, 0.1) is 0 Å². The normalized spacial score (nSPS) is 12.8. The number of aryl methyl sites for hydroxylation is 1. The summed E-state index contributed by atoms with van der Waals surface area (Å²) in [5.74, 6) is 6.00. The van der Waals surface area contributed by atoms with Gasteiger partial charge in [0.25, 0.3) is 0 Å². The first-order chi connectivity index (χ1) is 9.69. The maximum absolute atomic E-state index is 13.2. The molecule has 1 aromatic carbocycles. The van der Waals surface area contributed by atoms with E-state index in [2.05, 4.69) is 10.4 Å². The van der Waals surface area contributed by atoms with Gasteiger partial charge in [-0.2, -0.15) is 0 Å². The summed E-state index contributed by atoms with van der Waals surface area (Å²) in [5, 5.41) is 0.715. The van der Waals surface area contributed by atoms with Crippen molar-refractivity contribution in [1.82, 2.24) is 10.4 Å². The number of furan rings is 1. The molecule has 1 atom stereocenters. The summed E-state index contributed by atoms with van der Waals surface area (Å²) >= 11 is 0. The highest BCUT2D eigenvalue weighted by Gasteiger charge is 2.19. The van der Waals surface area contributed by atoms with E-state index in [1.807, 2.05) is 13.0 Å². The van der Waals surface area contributed by atoms with E-state index in [4.69, 9.17) is 10.3 Å². The van der Waals surface area contributed by atoms with Gasteiger partial charge in [-0.1, -0.05) is 0 Å². The summed E-state index contributed by atoms with van der Waals surface area (Å²) in [5.41, 5.74) is 5.34. The maximum atomic E-state index is 13.2. The standard InChI is InChI=1S/C15H14FN3O/c1-9-8-18-5-4-12(9)15(19-17)14-7-10-6-11(16)2-3-13(10)20-14/h2-8,15,19H,17H2,1H3. The highest BCUT2D eigenvalue weighted by molar-refractivity contribution is 5.78. The van der Waals surface area contributed by atoms with E-state index in [1.54, 1.807) is 24.5 Å². The molecule has 0 spiro atoms. The number of halogens is 1. The second kappa shape index (κ2) is 5.03. The van der Waals surface area contributed by atoms with Gasteiger partial charge in [0.2, 0.25) is 0 Å². The van der Waals surface area contributed by atoms with Crippen molar-refractivity contribution in [3.8, 4) is 0 Å².